The SMILES string of the molecule is COC(=O)CCC1=C(CC(=O)OC)[C@@]2(Cc3[nH]c(c(CC(=O)OC)c3CCC(=O)OC)Cc3[nH]c(c(CC(=O)OC)c3CCC(=O)OC)Cc3[nH]c(c(CC(=O)OC)c3CCC(=O)OC)C2)NC1=O. The van der Waals surface area contributed by atoms with Crippen molar-refractivity contribution in [2.24, 2.45) is 0 Å². The van der Waals surface area contributed by atoms with Crippen LogP contribution in [0.3, 0.4) is 0 Å². The molecule has 6 bridgehead atoms. The maximum absolute atomic E-state index is 14.5. The number of ether oxygens (including phenoxy) is 8. The molecule has 1 spiro atoms. The predicted octanol–water partition coefficient (Wildman–Crippen LogP) is 2.10. The molecule has 21 nitrogen and oxygen atoms in total. The Labute approximate surface area is 398 Å². The van der Waals surface area contributed by atoms with E-state index in [4.69, 9.17) is 37.9 Å². The molecule has 5 heterocycles. The zero-order chi connectivity index (χ0) is 50.6. The van der Waals surface area contributed by atoms with Gasteiger partial charge in [0, 0.05) is 91.1 Å². The summed E-state index contributed by atoms with van der Waals surface area (Å²) < 4.78 is 40.6. The predicted molar refractivity (Wildman–Crippen MR) is 239 cm³/mol. The summed E-state index contributed by atoms with van der Waals surface area (Å²) >= 11 is 0. The normalized spacial score (nSPS) is 15.2. The van der Waals surface area contributed by atoms with Gasteiger partial charge in [0.25, 0.3) is 0 Å². The molecule has 0 saturated heterocycles. The average Bonchev–Trinajstić information content (AvgIpc) is 4.01. The van der Waals surface area contributed by atoms with Crippen molar-refractivity contribution in [3.05, 3.63) is 78.7 Å². The number of esters is 8. The first-order valence-corrected chi connectivity index (χ1v) is 22.2. The highest BCUT2D eigenvalue weighted by Gasteiger charge is 2.48. The van der Waals surface area contributed by atoms with Crippen LogP contribution in [0.25, 0.3) is 0 Å². The number of hydrogen-bond acceptors (Lipinski definition) is 17. The van der Waals surface area contributed by atoms with Gasteiger partial charge in [-0.2, -0.15) is 0 Å². The molecule has 69 heavy (non-hydrogen) atoms. The zero-order valence-electron chi connectivity index (χ0n) is 40.3. The van der Waals surface area contributed by atoms with Crippen molar-refractivity contribution >= 4 is 53.7 Å². The largest absolute Gasteiger partial charge is 0.469 e. The summed E-state index contributed by atoms with van der Waals surface area (Å²) in [6.07, 6.45) is -1.96. The fourth-order valence-corrected chi connectivity index (χ4v) is 9.38. The molecule has 1 atom stereocenters. The second-order valence-corrected chi connectivity index (χ2v) is 16.6. The highest BCUT2D eigenvalue weighted by atomic mass is 16.5. The van der Waals surface area contributed by atoms with Gasteiger partial charge in [0.1, 0.15) is 0 Å². The first kappa shape index (κ1) is 52.8. The van der Waals surface area contributed by atoms with E-state index >= 15 is 0 Å². The van der Waals surface area contributed by atoms with Crippen LogP contribution in [0.4, 0.5) is 0 Å². The Morgan fingerprint density at radius 1 is 0.391 bits per heavy atom. The Hall–Kier alpha value is -7.19. The molecular weight excluding hydrogens is 905 g/mol. The van der Waals surface area contributed by atoms with Gasteiger partial charge >= 0.3 is 47.8 Å². The van der Waals surface area contributed by atoms with Gasteiger partial charge in [-0.3, -0.25) is 43.2 Å². The van der Waals surface area contributed by atoms with Crippen molar-refractivity contribution in [2.75, 3.05) is 56.9 Å². The van der Waals surface area contributed by atoms with E-state index in [0.29, 0.717) is 67.5 Å². The van der Waals surface area contributed by atoms with Crippen LogP contribution in [0.2, 0.25) is 0 Å². The zero-order valence-corrected chi connectivity index (χ0v) is 40.3. The van der Waals surface area contributed by atoms with Gasteiger partial charge in [0.05, 0.1) is 88.1 Å². The maximum atomic E-state index is 14.5. The second kappa shape index (κ2) is 23.7. The number of aromatic amines is 3. The summed E-state index contributed by atoms with van der Waals surface area (Å²) in [5, 5.41) is 3.16. The van der Waals surface area contributed by atoms with E-state index in [2.05, 4.69) is 20.3 Å². The van der Waals surface area contributed by atoms with Crippen LogP contribution >= 0.6 is 0 Å². The van der Waals surface area contributed by atoms with Crippen LogP contribution in [-0.2, 0) is 145 Å². The fourth-order valence-electron chi connectivity index (χ4n) is 9.38. The van der Waals surface area contributed by atoms with Crippen LogP contribution in [0.1, 0.15) is 106 Å². The molecule has 2 aliphatic heterocycles. The lowest BCUT2D eigenvalue weighted by Crippen LogP contribution is -2.49. The lowest BCUT2D eigenvalue weighted by molar-refractivity contribution is -0.141. The Kier molecular flexibility index (Phi) is 18.1. The minimum absolute atomic E-state index is 0.0246. The van der Waals surface area contributed by atoms with E-state index in [-0.39, 0.29) is 107 Å². The second-order valence-electron chi connectivity index (χ2n) is 16.6. The smallest absolute Gasteiger partial charge is 0.310 e. The molecule has 4 N–H and O–H groups in total. The number of methoxy groups -OCH3 is 8. The number of nitrogens with one attached hydrogen (secondary N) is 4. The van der Waals surface area contributed by atoms with E-state index in [1.807, 2.05) is 0 Å². The van der Waals surface area contributed by atoms with Gasteiger partial charge in [-0.15, -0.1) is 0 Å². The number of aromatic nitrogens is 3. The van der Waals surface area contributed by atoms with Gasteiger partial charge in [-0.05, 0) is 64.6 Å². The summed E-state index contributed by atoms with van der Waals surface area (Å²) in [6, 6.07) is 0. The number of rotatable bonds is 20. The van der Waals surface area contributed by atoms with Crippen LogP contribution in [0.5, 0.6) is 0 Å². The van der Waals surface area contributed by atoms with Gasteiger partial charge in [-0.1, -0.05) is 0 Å². The van der Waals surface area contributed by atoms with Crippen molar-refractivity contribution in [1.29, 1.82) is 0 Å². The summed E-state index contributed by atoms with van der Waals surface area (Å²) in [5.74, 6) is -5.38. The molecular formula is C48H60N4O17. The molecule has 0 fully saturated rings. The molecule has 3 aromatic rings. The molecule has 0 saturated carbocycles. The van der Waals surface area contributed by atoms with Gasteiger partial charge in [0.15, 0.2) is 0 Å². The van der Waals surface area contributed by atoms with E-state index in [9.17, 15) is 43.2 Å². The van der Waals surface area contributed by atoms with Crippen LogP contribution in [-0.4, -0.2) is 131 Å². The highest BCUT2D eigenvalue weighted by Crippen LogP contribution is 2.42. The lowest BCUT2D eigenvalue weighted by atomic mass is 9.77. The van der Waals surface area contributed by atoms with E-state index in [0.717, 1.165) is 0 Å². The van der Waals surface area contributed by atoms with Gasteiger partial charge in [0.2, 0.25) is 5.91 Å². The molecule has 5 rings (SSSR count). The van der Waals surface area contributed by atoms with Crippen LogP contribution in [0, 0.1) is 0 Å². The number of fused-ring (bicyclic) bond motifs is 6. The van der Waals surface area contributed by atoms with Gasteiger partial charge < -0.3 is 58.2 Å². The third-order valence-electron chi connectivity index (χ3n) is 12.8. The van der Waals surface area contributed by atoms with Crippen molar-refractivity contribution in [3.8, 4) is 0 Å². The number of carbonyl (C=O) groups is 9. The molecule has 374 valence electrons. The standard InChI is InChI=1S/C48H60N4O17/c1-62-39(53)13-9-25-29(17-43(57)66-5)35-22-34-26(10-14-40(54)63-2)31(19-45(59)68-7)38(50-34)24-48(32(20-46(60)69-8)28(47(61)52-48)12-16-42(56)65-4)23-37-27(11-15-41(55)64-3)30(18-44(58)67-6)36(51-37)21-33(25)49-35/h49-51H,9-24H2,1-8H3,(H,52,61)/t48-/m0/s1. The average molecular weight is 965 g/mol. The Balaban J connectivity index is 1.97. The highest BCUT2D eigenvalue weighted by molar-refractivity contribution is 6.00. The summed E-state index contributed by atoms with van der Waals surface area (Å²) in [6.45, 7) is 0. The monoisotopic (exact) mass is 964 g/mol. The Morgan fingerprint density at radius 2 is 0.681 bits per heavy atom. The lowest BCUT2D eigenvalue weighted by Gasteiger charge is -2.33. The Morgan fingerprint density at radius 3 is 1.06 bits per heavy atom. The topological polar surface area (TPSA) is 287 Å². The molecule has 0 aliphatic carbocycles. The quantitative estimate of drug-likeness (QED) is 0.0932. The third-order valence-corrected chi connectivity index (χ3v) is 12.8. The van der Waals surface area contributed by atoms with Crippen molar-refractivity contribution in [2.45, 2.75) is 108 Å². The van der Waals surface area contributed by atoms with Crippen molar-refractivity contribution in [1.82, 2.24) is 20.3 Å². The molecule has 0 aromatic carbocycles. The molecule has 1 amide bonds. The van der Waals surface area contributed by atoms with E-state index in [1.165, 1.54) is 56.9 Å². The Bertz CT molecular complexity index is 2520. The van der Waals surface area contributed by atoms with Crippen molar-refractivity contribution in [3.63, 3.8) is 0 Å². The number of carbonyl (C=O) groups excluding carboxylic acids is 9. The molecule has 0 unspecified atom stereocenters. The third kappa shape index (κ3) is 12.5. The minimum Gasteiger partial charge on any atom is -0.469 e. The number of H-pyrrole nitrogens is 3. The maximum Gasteiger partial charge on any atom is 0.310 e. The fraction of sp³-hybridized carbons (Fsp3) is 0.521. The summed E-state index contributed by atoms with van der Waals surface area (Å²) in [7, 11) is 9.87. The number of hydrogen-bond donors (Lipinski definition) is 4. The molecule has 21 heteroatoms. The van der Waals surface area contributed by atoms with E-state index in [1.54, 1.807) is 0 Å². The van der Waals surface area contributed by atoms with Crippen molar-refractivity contribution < 1.29 is 81.0 Å². The first-order valence-electron chi connectivity index (χ1n) is 22.2. The van der Waals surface area contributed by atoms with Crippen LogP contribution < -0.4 is 5.32 Å². The van der Waals surface area contributed by atoms with Crippen LogP contribution in [0.15, 0.2) is 11.1 Å². The summed E-state index contributed by atoms with van der Waals surface area (Å²) in [5.41, 5.74) is 4.73. The minimum atomic E-state index is -1.56. The van der Waals surface area contributed by atoms with Gasteiger partial charge in [-0.25, -0.2) is 0 Å². The van der Waals surface area contributed by atoms with E-state index < -0.39 is 65.6 Å². The molecule has 2 aliphatic rings. The summed E-state index contributed by atoms with van der Waals surface area (Å²) in [4.78, 5) is 130. The number of amides is 1. The first-order chi connectivity index (χ1) is 33.0. The molecule has 0 radical (unpaired) electrons. The molecule has 3 aromatic heterocycles.